The molecule has 1 heterocycles. The average molecular weight is 310 g/mol. The highest BCUT2D eigenvalue weighted by Gasteiger charge is 2.34. The molecule has 0 amide bonds. The van der Waals surface area contributed by atoms with Gasteiger partial charge in [-0.25, -0.2) is 4.98 Å². The van der Waals surface area contributed by atoms with E-state index in [0.29, 0.717) is 12.0 Å². The first-order valence-electron chi connectivity index (χ1n) is 7.74. The number of anilines is 1. The number of rotatable bonds is 6. The number of hydrogen-bond donors (Lipinski definition) is 1. The quantitative estimate of drug-likeness (QED) is 0.808. The second-order valence-corrected chi connectivity index (χ2v) is 7.61. The van der Waals surface area contributed by atoms with Gasteiger partial charge in [0.25, 0.3) is 0 Å². The van der Waals surface area contributed by atoms with Crippen molar-refractivity contribution in [2.45, 2.75) is 58.8 Å². The Bertz CT molecular complexity index is 490. The minimum absolute atomic E-state index is 0.218. The normalized spacial score (nSPS) is 17.7. The van der Waals surface area contributed by atoms with Gasteiger partial charge in [0.1, 0.15) is 5.41 Å². The Morgan fingerprint density at radius 3 is 2.76 bits per heavy atom. The van der Waals surface area contributed by atoms with Gasteiger partial charge in [-0.15, -0.1) is 11.3 Å². The van der Waals surface area contributed by atoms with Crippen molar-refractivity contribution in [1.29, 1.82) is 0 Å². The number of thiazole rings is 1. The SMILES string of the molecule is CCOC(=O)C(C)(C)c1csc(NCC2(C)CCCC2)n1. The van der Waals surface area contributed by atoms with Crippen molar-refractivity contribution < 1.29 is 9.53 Å². The highest BCUT2D eigenvalue weighted by atomic mass is 32.1. The smallest absolute Gasteiger partial charge is 0.317 e. The minimum Gasteiger partial charge on any atom is -0.465 e. The molecule has 1 aliphatic carbocycles. The molecule has 2 rings (SSSR count). The van der Waals surface area contributed by atoms with E-state index in [1.165, 1.54) is 25.7 Å². The van der Waals surface area contributed by atoms with Gasteiger partial charge in [0.15, 0.2) is 5.13 Å². The maximum Gasteiger partial charge on any atom is 0.317 e. The molecule has 1 aromatic rings. The molecule has 21 heavy (non-hydrogen) atoms. The summed E-state index contributed by atoms with van der Waals surface area (Å²) in [5, 5.41) is 6.30. The van der Waals surface area contributed by atoms with Gasteiger partial charge in [-0.2, -0.15) is 0 Å². The molecular weight excluding hydrogens is 284 g/mol. The number of aromatic nitrogens is 1. The standard InChI is InChI=1S/C16H26N2O2S/c1-5-20-13(19)15(2,3)12-10-21-14(18-12)17-11-16(4)8-6-7-9-16/h10H,5-9,11H2,1-4H3,(H,17,18). The molecule has 1 saturated carbocycles. The Morgan fingerprint density at radius 1 is 1.48 bits per heavy atom. The van der Waals surface area contributed by atoms with Crippen molar-refractivity contribution in [2.24, 2.45) is 5.41 Å². The van der Waals surface area contributed by atoms with Crippen LogP contribution >= 0.6 is 11.3 Å². The van der Waals surface area contributed by atoms with E-state index in [1.54, 1.807) is 11.3 Å². The molecule has 5 heteroatoms. The Kier molecular flexibility index (Phi) is 4.91. The molecule has 1 N–H and O–H groups in total. The third-order valence-corrected chi connectivity index (χ3v) is 5.21. The molecule has 0 saturated heterocycles. The number of carbonyl (C=O) groups is 1. The third-order valence-electron chi connectivity index (χ3n) is 4.41. The highest BCUT2D eigenvalue weighted by molar-refractivity contribution is 7.13. The maximum atomic E-state index is 12.0. The second-order valence-electron chi connectivity index (χ2n) is 6.75. The summed E-state index contributed by atoms with van der Waals surface area (Å²) < 4.78 is 5.13. The molecule has 1 aromatic heterocycles. The van der Waals surface area contributed by atoms with E-state index in [4.69, 9.17) is 4.74 Å². The van der Waals surface area contributed by atoms with Crippen LogP contribution in [0.5, 0.6) is 0 Å². The van der Waals surface area contributed by atoms with E-state index in [-0.39, 0.29) is 5.97 Å². The lowest BCUT2D eigenvalue weighted by atomic mass is 9.89. The highest BCUT2D eigenvalue weighted by Crippen LogP contribution is 2.38. The Morgan fingerprint density at radius 2 is 2.14 bits per heavy atom. The fourth-order valence-electron chi connectivity index (χ4n) is 2.75. The van der Waals surface area contributed by atoms with Crippen LogP contribution in [0.3, 0.4) is 0 Å². The van der Waals surface area contributed by atoms with E-state index >= 15 is 0 Å². The van der Waals surface area contributed by atoms with Gasteiger partial charge in [-0.3, -0.25) is 4.79 Å². The van der Waals surface area contributed by atoms with Gasteiger partial charge in [-0.05, 0) is 39.0 Å². The summed E-state index contributed by atoms with van der Waals surface area (Å²) in [4.78, 5) is 16.6. The Balaban J connectivity index is 1.99. The number of ether oxygens (including phenoxy) is 1. The lowest BCUT2D eigenvalue weighted by Crippen LogP contribution is -2.31. The largest absolute Gasteiger partial charge is 0.465 e. The van der Waals surface area contributed by atoms with Crippen molar-refractivity contribution in [2.75, 3.05) is 18.5 Å². The van der Waals surface area contributed by atoms with Crippen LogP contribution < -0.4 is 5.32 Å². The summed E-state index contributed by atoms with van der Waals surface area (Å²) in [6, 6.07) is 0. The topological polar surface area (TPSA) is 51.2 Å². The summed E-state index contributed by atoms with van der Waals surface area (Å²) in [7, 11) is 0. The predicted molar refractivity (Wildman–Crippen MR) is 86.8 cm³/mol. The lowest BCUT2D eigenvalue weighted by Gasteiger charge is -2.23. The maximum absolute atomic E-state index is 12.0. The minimum atomic E-state index is -0.691. The van der Waals surface area contributed by atoms with Crippen LogP contribution in [-0.4, -0.2) is 24.1 Å². The average Bonchev–Trinajstić information content (AvgIpc) is 3.06. The van der Waals surface area contributed by atoms with E-state index in [2.05, 4.69) is 17.2 Å². The molecule has 0 aliphatic heterocycles. The van der Waals surface area contributed by atoms with Gasteiger partial charge < -0.3 is 10.1 Å². The van der Waals surface area contributed by atoms with Crippen molar-refractivity contribution in [3.8, 4) is 0 Å². The summed E-state index contributed by atoms with van der Waals surface area (Å²) >= 11 is 1.56. The summed E-state index contributed by atoms with van der Waals surface area (Å²) in [6.07, 6.45) is 5.23. The van der Waals surface area contributed by atoms with Gasteiger partial charge in [0.05, 0.1) is 12.3 Å². The van der Waals surface area contributed by atoms with Gasteiger partial charge in [-0.1, -0.05) is 19.8 Å². The van der Waals surface area contributed by atoms with Crippen LogP contribution in [0.25, 0.3) is 0 Å². The first-order chi connectivity index (χ1) is 9.87. The second kappa shape index (κ2) is 6.34. The summed E-state index contributed by atoms with van der Waals surface area (Å²) in [6.45, 7) is 9.24. The lowest BCUT2D eigenvalue weighted by molar-refractivity contribution is -0.148. The van der Waals surface area contributed by atoms with Gasteiger partial charge >= 0.3 is 5.97 Å². The molecule has 118 valence electrons. The number of nitrogens with one attached hydrogen (secondary N) is 1. The number of esters is 1. The van der Waals surface area contributed by atoms with E-state index in [1.807, 2.05) is 26.2 Å². The third kappa shape index (κ3) is 3.76. The van der Waals surface area contributed by atoms with Crippen LogP contribution in [0.4, 0.5) is 5.13 Å². The number of nitrogens with zero attached hydrogens (tertiary/aromatic N) is 1. The van der Waals surface area contributed by atoms with Crippen molar-refractivity contribution >= 4 is 22.4 Å². The first kappa shape index (κ1) is 16.3. The first-order valence-corrected chi connectivity index (χ1v) is 8.62. The molecule has 0 spiro atoms. The molecule has 0 unspecified atom stereocenters. The fourth-order valence-corrected chi connectivity index (χ4v) is 3.63. The Labute approximate surface area is 131 Å². The molecule has 0 aromatic carbocycles. The summed E-state index contributed by atoms with van der Waals surface area (Å²) in [5.41, 5.74) is 0.483. The molecule has 0 atom stereocenters. The summed E-state index contributed by atoms with van der Waals surface area (Å²) in [5.74, 6) is -0.218. The monoisotopic (exact) mass is 310 g/mol. The van der Waals surface area contributed by atoms with Crippen LogP contribution in [0.2, 0.25) is 0 Å². The zero-order valence-corrected chi connectivity index (χ0v) is 14.3. The van der Waals surface area contributed by atoms with Gasteiger partial charge in [0, 0.05) is 11.9 Å². The Hall–Kier alpha value is -1.10. The molecular formula is C16H26N2O2S. The molecule has 1 aliphatic rings. The van der Waals surface area contributed by atoms with Gasteiger partial charge in [0.2, 0.25) is 0 Å². The zero-order chi connectivity index (χ0) is 15.5. The van der Waals surface area contributed by atoms with E-state index in [9.17, 15) is 4.79 Å². The van der Waals surface area contributed by atoms with Crippen LogP contribution in [0.15, 0.2) is 5.38 Å². The van der Waals surface area contributed by atoms with Crippen molar-refractivity contribution in [3.05, 3.63) is 11.1 Å². The molecule has 4 nitrogen and oxygen atoms in total. The van der Waals surface area contributed by atoms with Crippen LogP contribution in [0, 0.1) is 5.41 Å². The zero-order valence-electron chi connectivity index (χ0n) is 13.5. The van der Waals surface area contributed by atoms with E-state index < -0.39 is 5.41 Å². The van der Waals surface area contributed by atoms with Crippen molar-refractivity contribution in [3.63, 3.8) is 0 Å². The number of hydrogen-bond acceptors (Lipinski definition) is 5. The fraction of sp³-hybridized carbons (Fsp3) is 0.750. The predicted octanol–water partition coefficient (Wildman–Crippen LogP) is 3.98. The number of carbonyl (C=O) groups excluding carboxylic acids is 1. The molecule has 1 fully saturated rings. The molecule has 0 bridgehead atoms. The van der Waals surface area contributed by atoms with Crippen LogP contribution in [-0.2, 0) is 14.9 Å². The molecule has 0 radical (unpaired) electrons. The van der Waals surface area contributed by atoms with E-state index in [0.717, 1.165) is 17.4 Å². The van der Waals surface area contributed by atoms with Crippen LogP contribution in [0.1, 0.15) is 59.1 Å². The van der Waals surface area contributed by atoms with Crippen molar-refractivity contribution in [1.82, 2.24) is 4.98 Å².